The van der Waals surface area contributed by atoms with Crippen molar-refractivity contribution in [3.8, 4) is 5.75 Å². The average molecular weight is 474 g/mol. The summed E-state index contributed by atoms with van der Waals surface area (Å²) in [5, 5.41) is 0. The summed E-state index contributed by atoms with van der Waals surface area (Å²) in [5.74, 6) is -1.74. The molecule has 2 heterocycles. The topological polar surface area (TPSA) is 87.2 Å². The van der Waals surface area contributed by atoms with E-state index < -0.39 is 36.3 Å². The molecular weight excluding hydrogens is 446 g/mol. The predicted molar refractivity (Wildman–Crippen MR) is 129 cm³/mol. The number of amides is 5. The molecule has 1 aliphatic carbocycles. The SMILES string of the molecule is O=C1C(=O)N(CC(=O)N2c3ccccc3OC[C@H]2c2ccccc2)C(=O)N1CCC1=CCCCC1. The van der Waals surface area contributed by atoms with E-state index in [2.05, 4.69) is 6.08 Å². The molecule has 3 aliphatic rings. The molecule has 1 atom stereocenters. The minimum atomic E-state index is -0.959. The third-order valence-corrected chi connectivity index (χ3v) is 6.76. The Morgan fingerprint density at radius 1 is 0.914 bits per heavy atom. The summed E-state index contributed by atoms with van der Waals surface area (Å²) >= 11 is 0. The van der Waals surface area contributed by atoms with Crippen molar-refractivity contribution in [2.45, 2.75) is 38.1 Å². The fourth-order valence-corrected chi connectivity index (χ4v) is 4.90. The summed E-state index contributed by atoms with van der Waals surface area (Å²) in [7, 11) is 0. The first-order chi connectivity index (χ1) is 17.0. The molecule has 1 saturated heterocycles. The maximum Gasteiger partial charge on any atom is 0.334 e. The van der Waals surface area contributed by atoms with Crippen LogP contribution in [0.5, 0.6) is 5.75 Å². The van der Waals surface area contributed by atoms with Crippen LogP contribution in [-0.4, -0.2) is 53.2 Å². The van der Waals surface area contributed by atoms with Gasteiger partial charge in [-0.25, -0.2) is 9.69 Å². The number of nitrogens with zero attached hydrogens (tertiary/aromatic N) is 3. The molecule has 35 heavy (non-hydrogen) atoms. The molecule has 0 saturated carbocycles. The fraction of sp³-hybridized carbons (Fsp3) is 0.333. The lowest BCUT2D eigenvalue weighted by Gasteiger charge is -2.37. The number of hydrogen-bond acceptors (Lipinski definition) is 5. The minimum Gasteiger partial charge on any atom is -0.489 e. The Labute approximate surface area is 203 Å². The van der Waals surface area contributed by atoms with Gasteiger partial charge in [-0.2, -0.15) is 0 Å². The Hall–Kier alpha value is -3.94. The molecule has 5 rings (SSSR count). The molecule has 2 aromatic rings. The van der Waals surface area contributed by atoms with Crippen molar-refractivity contribution in [2.75, 3.05) is 24.6 Å². The summed E-state index contributed by atoms with van der Waals surface area (Å²) in [5.41, 5.74) is 2.63. The lowest BCUT2D eigenvalue weighted by Crippen LogP contribution is -2.47. The van der Waals surface area contributed by atoms with Gasteiger partial charge in [0.05, 0.1) is 11.7 Å². The van der Waals surface area contributed by atoms with Gasteiger partial charge in [-0.3, -0.25) is 24.2 Å². The zero-order valence-corrected chi connectivity index (χ0v) is 19.4. The number of hydrogen-bond donors (Lipinski definition) is 0. The van der Waals surface area contributed by atoms with Gasteiger partial charge in [0.2, 0.25) is 5.91 Å². The molecule has 5 amide bonds. The summed E-state index contributed by atoms with van der Waals surface area (Å²) in [6.07, 6.45) is 6.89. The second kappa shape index (κ2) is 9.74. The van der Waals surface area contributed by atoms with Crippen LogP contribution in [0.15, 0.2) is 66.2 Å². The number of para-hydroxylation sites is 2. The summed E-state index contributed by atoms with van der Waals surface area (Å²) in [6, 6.07) is 15.4. The van der Waals surface area contributed by atoms with Gasteiger partial charge in [0.1, 0.15) is 18.9 Å². The number of carbonyl (C=O) groups excluding carboxylic acids is 4. The molecule has 8 heteroatoms. The molecule has 0 radical (unpaired) electrons. The molecule has 2 aliphatic heterocycles. The quantitative estimate of drug-likeness (QED) is 0.362. The number of anilines is 1. The van der Waals surface area contributed by atoms with E-state index in [1.807, 2.05) is 36.4 Å². The third-order valence-electron chi connectivity index (χ3n) is 6.76. The van der Waals surface area contributed by atoms with Gasteiger partial charge in [0, 0.05) is 6.54 Å². The Morgan fingerprint density at radius 2 is 1.66 bits per heavy atom. The van der Waals surface area contributed by atoms with Crippen molar-refractivity contribution < 1.29 is 23.9 Å². The van der Waals surface area contributed by atoms with Crippen molar-refractivity contribution in [1.29, 1.82) is 0 Å². The van der Waals surface area contributed by atoms with Gasteiger partial charge in [-0.05, 0) is 49.8 Å². The highest BCUT2D eigenvalue weighted by Crippen LogP contribution is 2.39. The van der Waals surface area contributed by atoms with E-state index in [1.165, 1.54) is 5.57 Å². The van der Waals surface area contributed by atoms with Crippen LogP contribution in [-0.2, 0) is 14.4 Å². The Balaban J connectivity index is 1.36. The van der Waals surface area contributed by atoms with Crippen molar-refractivity contribution in [3.63, 3.8) is 0 Å². The smallest absolute Gasteiger partial charge is 0.334 e. The predicted octanol–water partition coefficient (Wildman–Crippen LogP) is 3.83. The van der Waals surface area contributed by atoms with Gasteiger partial charge >= 0.3 is 17.8 Å². The van der Waals surface area contributed by atoms with E-state index in [1.54, 1.807) is 23.1 Å². The Bertz CT molecular complexity index is 1190. The number of benzene rings is 2. The normalized spacial score (nSPS) is 20.0. The van der Waals surface area contributed by atoms with E-state index in [9.17, 15) is 19.2 Å². The van der Waals surface area contributed by atoms with E-state index in [0.29, 0.717) is 17.9 Å². The summed E-state index contributed by atoms with van der Waals surface area (Å²) < 4.78 is 5.90. The second-order valence-electron chi connectivity index (χ2n) is 8.96. The van der Waals surface area contributed by atoms with Crippen molar-refractivity contribution in [1.82, 2.24) is 9.80 Å². The highest BCUT2D eigenvalue weighted by atomic mass is 16.5. The molecule has 1 fully saturated rings. The van der Waals surface area contributed by atoms with Crippen molar-refractivity contribution in [2.24, 2.45) is 0 Å². The highest BCUT2D eigenvalue weighted by Gasteiger charge is 2.46. The van der Waals surface area contributed by atoms with Gasteiger partial charge in [0.15, 0.2) is 0 Å². The fourth-order valence-electron chi connectivity index (χ4n) is 4.90. The molecule has 180 valence electrons. The number of fused-ring (bicyclic) bond motifs is 1. The molecule has 0 bridgehead atoms. The van der Waals surface area contributed by atoms with Crippen LogP contribution in [0, 0.1) is 0 Å². The Morgan fingerprint density at radius 3 is 2.43 bits per heavy atom. The zero-order valence-electron chi connectivity index (χ0n) is 19.4. The van der Waals surface area contributed by atoms with Crippen molar-refractivity contribution in [3.05, 3.63) is 71.8 Å². The average Bonchev–Trinajstić information content (AvgIpc) is 3.10. The van der Waals surface area contributed by atoms with Crippen LogP contribution < -0.4 is 9.64 Å². The van der Waals surface area contributed by atoms with Gasteiger partial charge in [-0.15, -0.1) is 0 Å². The van der Waals surface area contributed by atoms with Crippen LogP contribution in [0.25, 0.3) is 0 Å². The van der Waals surface area contributed by atoms with E-state index in [-0.39, 0.29) is 13.2 Å². The number of urea groups is 1. The first-order valence-corrected chi connectivity index (χ1v) is 12.0. The van der Waals surface area contributed by atoms with Crippen LogP contribution in [0.4, 0.5) is 10.5 Å². The highest BCUT2D eigenvalue weighted by molar-refractivity contribution is 6.45. The second-order valence-corrected chi connectivity index (χ2v) is 8.96. The molecule has 2 aromatic carbocycles. The maximum atomic E-state index is 13.6. The summed E-state index contributed by atoms with van der Waals surface area (Å²) in [6.45, 7) is -0.137. The molecule has 0 N–H and O–H groups in total. The standard InChI is InChI=1S/C27H27N3O5/c31-24(17-29-26(33)25(32)28(27(29)34)16-15-19-9-3-1-4-10-19)30-21-13-7-8-14-23(21)35-18-22(30)20-11-5-2-6-12-20/h2,5-9,11-14,22H,1,3-4,10,15-18H2/t22-/m0/s1. The molecule has 8 nitrogen and oxygen atoms in total. The number of allylic oxidation sites excluding steroid dienone is 1. The maximum absolute atomic E-state index is 13.6. The molecule has 0 unspecified atom stereocenters. The number of carbonyl (C=O) groups is 4. The third kappa shape index (κ3) is 4.43. The van der Waals surface area contributed by atoms with Gasteiger partial charge in [0.25, 0.3) is 0 Å². The van der Waals surface area contributed by atoms with Crippen LogP contribution in [0.1, 0.15) is 43.7 Å². The largest absolute Gasteiger partial charge is 0.489 e. The molecular formula is C27H27N3O5. The summed E-state index contributed by atoms with van der Waals surface area (Å²) in [4.78, 5) is 55.2. The van der Waals surface area contributed by atoms with Crippen LogP contribution >= 0.6 is 0 Å². The monoisotopic (exact) mass is 473 g/mol. The lowest BCUT2D eigenvalue weighted by molar-refractivity contribution is -0.143. The van der Waals surface area contributed by atoms with Gasteiger partial charge < -0.3 is 4.74 Å². The number of imide groups is 2. The minimum absolute atomic E-state index is 0.146. The van der Waals surface area contributed by atoms with Crippen molar-refractivity contribution >= 4 is 29.4 Å². The van der Waals surface area contributed by atoms with Gasteiger partial charge in [-0.1, -0.05) is 54.1 Å². The number of ether oxygens (including phenoxy) is 1. The van der Waals surface area contributed by atoms with Crippen LogP contribution in [0.3, 0.4) is 0 Å². The lowest BCUT2D eigenvalue weighted by atomic mass is 9.97. The molecule has 0 spiro atoms. The van der Waals surface area contributed by atoms with E-state index >= 15 is 0 Å². The van der Waals surface area contributed by atoms with Crippen LogP contribution in [0.2, 0.25) is 0 Å². The number of rotatable bonds is 6. The zero-order chi connectivity index (χ0) is 24.4. The first kappa shape index (κ1) is 22.8. The van der Waals surface area contributed by atoms with E-state index in [4.69, 9.17) is 4.74 Å². The molecule has 0 aromatic heterocycles. The Kier molecular flexibility index (Phi) is 6.35. The first-order valence-electron chi connectivity index (χ1n) is 12.0. The van der Waals surface area contributed by atoms with E-state index in [0.717, 1.165) is 41.0 Å².